The molecule has 0 radical (unpaired) electrons. The number of rotatable bonds is 5. The number of anilines is 1. The number of nitrogens with one attached hydrogen (secondary N) is 1. The fraction of sp³-hybridized carbons (Fsp3) is 0.312. The van der Waals surface area contributed by atoms with Crippen molar-refractivity contribution in [3.8, 4) is 5.75 Å². The molecule has 0 spiro atoms. The molecule has 2 rings (SSSR count). The van der Waals surface area contributed by atoms with Gasteiger partial charge in [-0.1, -0.05) is 17.7 Å². The van der Waals surface area contributed by atoms with Crippen molar-refractivity contribution < 1.29 is 4.74 Å². The van der Waals surface area contributed by atoms with E-state index in [0.29, 0.717) is 0 Å². The number of hydrogen-bond donors (Lipinski definition) is 1. The van der Waals surface area contributed by atoms with E-state index < -0.39 is 0 Å². The van der Waals surface area contributed by atoms with Crippen LogP contribution in [-0.2, 0) is 6.42 Å². The zero-order valence-electron chi connectivity index (χ0n) is 12.0. The van der Waals surface area contributed by atoms with E-state index in [9.17, 15) is 0 Å². The Morgan fingerprint density at radius 2 is 2.00 bits per heavy atom. The number of aromatic nitrogens is 1. The van der Waals surface area contributed by atoms with Crippen LogP contribution in [-0.4, -0.2) is 18.6 Å². The molecule has 3 nitrogen and oxygen atoms in total. The molecular formula is C16H19BrN2O. The van der Waals surface area contributed by atoms with Crippen LogP contribution in [0.4, 0.5) is 5.82 Å². The first-order valence-corrected chi connectivity index (χ1v) is 7.40. The predicted octanol–water partition coefficient (Wildman–Crippen LogP) is 4.12. The first-order valence-electron chi connectivity index (χ1n) is 6.60. The number of aryl methyl sites for hydroxylation is 2. The number of halogens is 1. The SMILES string of the molecule is COc1ccc(C)cc1CCNc1ccc(Br)c(C)n1. The number of nitrogens with zero attached hydrogens (tertiary/aromatic N) is 1. The molecule has 0 fully saturated rings. The maximum atomic E-state index is 5.39. The molecule has 1 N–H and O–H groups in total. The van der Waals surface area contributed by atoms with Crippen molar-refractivity contribution in [3.05, 3.63) is 51.6 Å². The first-order chi connectivity index (χ1) is 9.60. The van der Waals surface area contributed by atoms with E-state index in [1.54, 1.807) is 7.11 Å². The van der Waals surface area contributed by atoms with Gasteiger partial charge >= 0.3 is 0 Å². The molecule has 0 aliphatic carbocycles. The largest absolute Gasteiger partial charge is 0.496 e. The van der Waals surface area contributed by atoms with Crippen LogP contribution < -0.4 is 10.1 Å². The van der Waals surface area contributed by atoms with Crippen molar-refractivity contribution in [2.24, 2.45) is 0 Å². The molecule has 20 heavy (non-hydrogen) atoms. The lowest BCUT2D eigenvalue weighted by atomic mass is 10.1. The summed E-state index contributed by atoms with van der Waals surface area (Å²) in [7, 11) is 1.71. The van der Waals surface area contributed by atoms with Gasteiger partial charge in [0.2, 0.25) is 0 Å². The highest BCUT2D eigenvalue weighted by Gasteiger charge is 2.04. The number of methoxy groups -OCH3 is 1. The summed E-state index contributed by atoms with van der Waals surface area (Å²) in [5.74, 6) is 1.84. The molecule has 2 aromatic rings. The highest BCUT2D eigenvalue weighted by molar-refractivity contribution is 9.10. The summed E-state index contributed by atoms with van der Waals surface area (Å²) in [6, 6.07) is 10.2. The highest BCUT2D eigenvalue weighted by Crippen LogP contribution is 2.20. The van der Waals surface area contributed by atoms with Gasteiger partial charge in [0, 0.05) is 11.0 Å². The van der Waals surface area contributed by atoms with E-state index in [0.717, 1.165) is 34.7 Å². The normalized spacial score (nSPS) is 10.4. The van der Waals surface area contributed by atoms with E-state index in [-0.39, 0.29) is 0 Å². The van der Waals surface area contributed by atoms with Gasteiger partial charge in [-0.15, -0.1) is 0 Å². The molecule has 0 saturated heterocycles. The zero-order chi connectivity index (χ0) is 14.5. The van der Waals surface area contributed by atoms with Crippen LogP contribution in [0.3, 0.4) is 0 Å². The third-order valence-corrected chi connectivity index (χ3v) is 4.00. The second-order valence-corrected chi connectivity index (χ2v) is 5.61. The predicted molar refractivity (Wildman–Crippen MR) is 86.6 cm³/mol. The molecule has 1 aromatic heterocycles. The van der Waals surface area contributed by atoms with Crippen LogP contribution in [0, 0.1) is 13.8 Å². The van der Waals surface area contributed by atoms with Crippen LogP contribution in [0.25, 0.3) is 0 Å². The molecule has 4 heteroatoms. The van der Waals surface area contributed by atoms with Crippen LogP contribution in [0.2, 0.25) is 0 Å². The van der Waals surface area contributed by atoms with E-state index in [1.807, 2.05) is 25.1 Å². The van der Waals surface area contributed by atoms with Crippen molar-refractivity contribution in [2.75, 3.05) is 19.0 Å². The van der Waals surface area contributed by atoms with Gasteiger partial charge in [-0.05, 0) is 60.0 Å². The molecule has 0 unspecified atom stereocenters. The molecule has 1 aromatic carbocycles. The van der Waals surface area contributed by atoms with Gasteiger partial charge in [-0.25, -0.2) is 4.98 Å². The van der Waals surface area contributed by atoms with Crippen molar-refractivity contribution in [3.63, 3.8) is 0 Å². The minimum Gasteiger partial charge on any atom is -0.496 e. The summed E-state index contributed by atoms with van der Waals surface area (Å²) in [6.07, 6.45) is 0.904. The number of ether oxygens (including phenoxy) is 1. The monoisotopic (exact) mass is 334 g/mol. The van der Waals surface area contributed by atoms with Gasteiger partial charge in [-0.3, -0.25) is 0 Å². The summed E-state index contributed by atoms with van der Waals surface area (Å²) in [5, 5.41) is 3.34. The Balaban J connectivity index is 1.99. The van der Waals surface area contributed by atoms with E-state index in [2.05, 4.69) is 45.3 Å². The highest BCUT2D eigenvalue weighted by atomic mass is 79.9. The van der Waals surface area contributed by atoms with E-state index >= 15 is 0 Å². The van der Waals surface area contributed by atoms with Crippen molar-refractivity contribution >= 4 is 21.7 Å². The fourth-order valence-electron chi connectivity index (χ4n) is 2.07. The van der Waals surface area contributed by atoms with Gasteiger partial charge in [0.1, 0.15) is 11.6 Å². The Morgan fingerprint density at radius 3 is 2.70 bits per heavy atom. The van der Waals surface area contributed by atoms with Crippen molar-refractivity contribution in [1.82, 2.24) is 4.98 Å². The maximum absolute atomic E-state index is 5.39. The molecule has 106 valence electrons. The molecule has 1 heterocycles. The van der Waals surface area contributed by atoms with Crippen LogP contribution >= 0.6 is 15.9 Å². The van der Waals surface area contributed by atoms with Gasteiger partial charge in [-0.2, -0.15) is 0 Å². The lowest BCUT2D eigenvalue weighted by Crippen LogP contribution is -2.07. The van der Waals surface area contributed by atoms with Gasteiger partial charge < -0.3 is 10.1 Å². The molecular weight excluding hydrogens is 316 g/mol. The molecule has 0 saturated carbocycles. The topological polar surface area (TPSA) is 34.1 Å². The Hall–Kier alpha value is -1.55. The minimum absolute atomic E-state index is 0.827. The summed E-state index contributed by atoms with van der Waals surface area (Å²) >= 11 is 3.45. The number of hydrogen-bond acceptors (Lipinski definition) is 3. The fourth-order valence-corrected chi connectivity index (χ4v) is 2.29. The smallest absolute Gasteiger partial charge is 0.126 e. The summed E-state index contributed by atoms with van der Waals surface area (Å²) in [6.45, 7) is 4.91. The van der Waals surface area contributed by atoms with Gasteiger partial charge in [0.15, 0.2) is 0 Å². The van der Waals surface area contributed by atoms with E-state index in [1.165, 1.54) is 11.1 Å². The van der Waals surface area contributed by atoms with Gasteiger partial charge in [0.05, 0.1) is 12.8 Å². The molecule has 0 atom stereocenters. The van der Waals surface area contributed by atoms with Crippen LogP contribution in [0.1, 0.15) is 16.8 Å². The molecule has 0 aliphatic heterocycles. The molecule has 0 aliphatic rings. The molecule has 0 bridgehead atoms. The standard InChI is InChI=1S/C16H19BrN2O/c1-11-4-6-15(20-3)13(10-11)8-9-18-16-7-5-14(17)12(2)19-16/h4-7,10H,8-9H2,1-3H3,(H,18,19). The quantitative estimate of drug-likeness (QED) is 0.892. The lowest BCUT2D eigenvalue weighted by molar-refractivity contribution is 0.410. The number of pyridine rings is 1. The van der Waals surface area contributed by atoms with Gasteiger partial charge in [0.25, 0.3) is 0 Å². The average molecular weight is 335 g/mol. The Kier molecular flexibility index (Phi) is 5.01. The van der Waals surface area contributed by atoms with E-state index in [4.69, 9.17) is 4.74 Å². The van der Waals surface area contributed by atoms with Crippen LogP contribution in [0.5, 0.6) is 5.75 Å². The van der Waals surface area contributed by atoms with Crippen molar-refractivity contribution in [2.45, 2.75) is 20.3 Å². The Labute approximate surface area is 128 Å². The summed E-state index contributed by atoms with van der Waals surface area (Å²) in [4.78, 5) is 4.47. The van der Waals surface area contributed by atoms with Crippen molar-refractivity contribution in [1.29, 1.82) is 0 Å². The Morgan fingerprint density at radius 1 is 1.20 bits per heavy atom. The summed E-state index contributed by atoms with van der Waals surface area (Å²) in [5.41, 5.74) is 3.45. The third kappa shape index (κ3) is 3.73. The van der Waals surface area contributed by atoms with Crippen LogP contribution in [0.15, 0.2) is 34.8 Å². The summed E-state index contributed by atoms with van der Waals surface area (Å²) < 4.78 is 6.42. The lowest BCUT2D eigenvalue weighted by Gasteiger charge is -2.11. The second kappa shape index (κ2) is 6.75. The third-order valence-electron chi connectivity index (χ3n) is 3.16. The minimum atomic E-state index is 0.827. The Bertz CT molecular complexity index is 599. The average Bonchev–Trinajstić information content (AvgIpc) is 2.43. The zero-order valence-corrected chi connectivity index (χ0v) is 13.6. The first kappa shape index (κ1) is 14.9. The molecule has 0 amide bonds. The second-order valence-electron chi connectivity index (χ2n) is 4.76. The number of benzene rings is 1. The maximum Gasteiger partial charge on any atom is 0.126 e.